The number of pyridine rings is 1. The lowest BCUT2D eigenvalue weighted by Gasteiger charge is -2.13. The fourth-order valence-corrected chi connectivity index (χ4v) is 2.49. The Kier molecular flexibility index (Phi) is 3.97. The second kappa shape index (κ2) is 5.96. The highest BCUT2D eigenvalue weighted by Crippen LogP contribution is 2.36. The molecule has 1 aromatic heterocycles. The Morgan fingerprint density at radius 2 is 1.83 bits per heavy atom. The van der Waals surface area contributed by atoms with Gasteiger partial charge in [0.15, 0.2) is 5.78 Å². The van der Waals surface area contributed by atoms with Crippen LogP contribution in [0.1, 0.15) is 22.8 Å². The molecule has 2 aromatic carbocycles. The molecule has 1 heterocycles. The van der Waals surface area contributed by atoms with Crippen molar-refractivity contribution in [3.63, 3.8) is 0 Å². The van der Waals surface area contributed by atoms with Gasteiger partial charge in [0.1, 0.15) is 0 Å². The topological polar surface area (TPSA) is 42.0 Å². The summed E-state index contributed by atoms with van der Waals surface area (Å²) in [5.74, 6) is -0.0856. The van der Waals surface area contributed by atoms with Crippen molar-refractivity contribution in [2.75, 3.05) is 5.32 Å². The number of nitrogens with one attached hydrogen (secondary N) is 1. The van der Waals surface area contributed by atoms with Crippen LogP contribution in [0.15, 0.2) is 54.7 Å². The molecule has 0 spiro atoms. The number of benzene rings is 2. The van der Waals surface area contributed by atoms with E-state index >= 15 is 0 Å². The number of fused-ring (bicyclic) bond motifs is 1. The Balaban J connectivity index is 2.08. The van der Waals surface area contributed by atoms with Gasteiger partial charge >= 0.3 is 6.18 Å². The standard InChI is InChI=1S/C18H13F3N2O/c1-11(24)12-4-2-5-13(10-12)23-16-8-9-22-17-14(16)6-3-7-15(17)18(19,20)21/h2-10H,1H3,(H,22,23). The molecule has 0 fully saturated rings. The van der Waals surface area contributed by atoms with Gasteiger partial charge in [-0.15, -0.1) is 0 Å². The Bertz CT molecular complexity index is 920. The maximum absolute atomic E-state index is 13.1. The molecule has 0 saturated carbocycles. The van der Waals surface area contributed by atoms with Crippen molar-refractivity contribution in [1.29, 1.82) is 0 Å². The number of hydrogen-bond acceptors (Lipinski definition) is 3. The van der Waals surface area contributed by atoms with E-state index in [9.17, 15) is 18.0 Å². The van der Waals surface area contributed by atoms with Crippen LogP contribution in [0.25, 0.3) is 10.9 Å². The number of carbonyl (C=O) groups is 1. The van der Waals surface area contributed by atoms with Crippen LogP contribution in [0, 0.1) is 0 Å². The van der Waals surface area contributed by atoms with E-state index in [1.54, 1.807) is 36.4 Å². The molecule has 0 aliphatic rings. The van der Waals surface area contributed by atoms with Crippen molar-refractivity contribution >= 4 is 28.1 Å². The molecule has 1 N–H and O–H groups in total. The van der Waals surface area contributed by atoms with Gasteiger partial charge < -0.3 is 5.32 Å². The normalized spacial score (nSPS) is 11.5. The van der Waals surface area contributed by atoms with Crippen LogP contribution < -0.4 is 5.32 Å². The number of halogens is 3. The highest BCUT2D eigenvalue weighted by molar-refractivity contribution is 5.97. The summed E-state index contributed by atoms with van der Waals surface area (Å²) >= 11 is 0. The molecule has 0 unspecified atom stereocenters. The number of hydrogen-bond donors (Lipinski definition) is 1. The molecular formula is C18H13F3N2O. The summed E-state index contributed by atoms with van der Waals surface area (Å²) in [7, 11) is 0. The molecule has 0 amide bonds. The van der Waals surface area contributed by atoms with Crippen molar-refractivity contribution in [1.82, 2.24) is 4.98 Å². The van der Waals surface area contributed by atoms with E-state index in [1.807, 2.05) is 0 Å². The number of anilines is 2. The number of ketones is 1. The molecule has 122 valence electrons. The van der Waals surface area contributed by atoms with E-state index in [2.05, 4.69) is 10.3 Å². The molecule has 0 atom stereocenters. The molecular weight excluding hydrogens is 317 g/mol. The fraction of sp³-hybridized carbons (Fsp3) is 0.111. The van der Waals surface area contributed by atoms with Gasteiger partial charge in [-0.3, -0.25) is 9.78 Å². The molecule has 0 aliphatic carbocycles. The summed E-state index contributed by atoms with van der Waals surface area (Å²) in [6.07, 6.45) is -3.14. The van der Waals surface area contributed by atoms with E-state index in [1.165, 1.54) is 19.2 Å². The average molecular weight is 330 g/mol. The number of aromatic nitrogens is 1. The number of rotatable bonds is 3. The quantitative estimate of drug-likeness (QED) is 0.671. The van der Waals surface area contributed by atoms with Gasteiger partial charge in [-0.1, -0.05) is 24.3 Å². The van der Waals surface area contributed by atoms with E-state index in [0.29, 0.717) is 22.3 Å². The van der Waals surface area contributed by atoms with E-state index in [-0.39, 0.29) is 11.3 Å². The summed E-state index contributed by atoms with van der Waals surface area (Å²) in [6, 6.07) is 12.3. The maximum atomic E-state index is 13.1. The summed E-state index contributed by atoms with van der Waals surface area (Å²) < 4.78 is 39.4. The van der Waals surface area contributed by atoms with Crippen molar-refractivity contribution in [2.45, 2.75) is 13.1 Å². The number of para-hydroxylation sites is 1. The molecule has 3 rings (SSSR count). The van der Waals surface area contributed by atoms with Crippen LogP contribution in [-0.4, -0.2) is 10.8 Å². The molecule has 3 nitrogen and oxygen atoms in total. The van der Waals surface area contributed by atoms with Gasteiger partial charge in [-0.2, -0.15) is 13.2 Å². The third kappa shape index (κ3) is 3.08. The zero-order valence-corrected chi connectivity index (χ0v) is 12.7. The third-order valence-corrected chi connectivity index (χ3v) is 3.62. The van der Waals surface area contributed by atoms with Gasteiger partial charge in [-0.05, 0) is 31.2 Å². The number of nitrogens with zero attached hydrogens (tertiary/aromatic N) is 1. The summed E-state index contributed by atoms with van der Waals surface area (Å²) in [4.78, 5) is 15.3. The van der Waals surface area contributed by atoms with Crippen LogP contribution in [0.4, 0.5) is 24.5 Å². The predicted molar refractivity (Wildman–Crippen MR) is 86.5 cm³/mol. The maximum Gasteiger partial charge on any atom is 0.418 e. The first-order valence-corrected chi connectivity index (χ1v) is 7.19. The fourth-order valence-electron chi connectivity index (χ4n) is 2.49. The Morgan fingerprint density at radius 3 is 2.54 bits per heavy atom. The van der Waals surface area contributed by atoms with E-state index < -0.39 is 11.7 Å². The van der Waals surface area contributed by atoms with Crippen molar-refractivity contribution in [2.24, 2.45) is 0 Å². The highest BCUT2D eigenvalue weighted by Gasteiger charge is 2.33. The summed E-state index contributed by atoms with van der Waals surface area (Å²) in [5, 5.41) is 3.42. The Hall–Kier alpha value is -2.89. The number of alkyl halides is 3. The van der Waals surface area contributed by atoms with Crippen LogP contribution >= 0.6 is 0 Å². The van der Waals surface area contributed by atoms with E-state index in [4.69, 9.17) is 0 Å². The van der Waals surface area contributed by atoms with Gasteiger partial charge in [0.05, 0.1) is 11.1 Å². The largest absolute Gasteiger partial charge is 0.418 e. The first-order valence-electron chi connectivity index (χ1n) is 7.19. The first-order chi connectivity index (χ1) is 11.4. The second-order valence-corrected chi connectivity index (χ2v) is 5.32. The van der Waals surface area contributed by atoms with Gasteiger partial charge in [0, 0.05) is 28.5 Å². The van der Waals surface area contributed by atoms with Crippen LogP contribution in [0.2, 0.25) is 0 Å². The summed E-state index contributed by atoms with van der Waals surface area (Å²) in [5.41, 5.74) is 0.743. The third-order valence-electron chi connectivity index (χ3n) is 3.62. The van der Waals surface area contributed by atoms with E-state index in [0.717, 1.165) is 6.07 Å². The lowest BCUT2D eigenvalue weighted by atomic mass is 10.1. The molecule has 24 heavy (non-hydrogen) atoms. The van der Waals surface area contributed by atoms with Crippen LogP contribution in [0.3, 0.4) is 0 Å². The highest BCUT2D eigenvalue weighted by atomic mass is 19.4. The minimum Gasteiger partial charge on any atom is -0.355 e. The Morgan fingerprint density at radius 1 is 1.08 bits per heavy atom. The molecule has 0 bridgehead atoms. The monoisotopic (exact) mass is 330 g/mol. The lowest BCUT2D eigenvalue weighted by molar-refractivity contribution is -0.136. The van der Waals surface area contributed by atoms with Crippen molar-refractivity contribution in [3.8, 4) is 0 Å². The smallest absolute Gasteiger partial charge is 0.355 e. The first kappa shape index (κ1) is 16.0. The zero-order chi connectivity index (χ0) is 17.3. The van der Waals surface area contributed by atoms with Gasteiger partial charge in [-0.25, -0.2) is 0 Å². The van der Waals surface area contributed by atoms with Crippen molar-refractivity contribution < 1.29 is 18.0 Å². The molecule has 0 radical (unpaired) electrons. The van der Waals surface area contributed by atoms with Gasteiger partial charge in [0.25, 0.3) is 0 Å². The van der Waals surface area contributed by atoms with Crippen LogP contribution in [0.5, 0.6) is 0 Å². The minimum atomic E-state index is -4.47. The Labute approximate surface area is 136 Å². The van der Waals surface area contributed by atoms with Crippen molar-refractivity contribution in [3.05, 3.63) is 65.9 Å². The summed E-state index contributed by atoms with van der Waals surface area (Å²) in [6.45, 7) is 1.45. The minimum absolute atomic E-state index is 0.0856. The number of Topliss-reactive ketones (excluding diaryl/α,β-unsaturated/α-hetero) is 1. The predicted octanol–water partition coefficient (Wildman–Crippen LogP) is 5.20. The van der Waals surface area contributed by atoms with Crippen LogP contribution in [-0.2, 0) is 6.18 Å². The molecule has 0 aliphatic heterocycles. The average Bonchev–Trinajstić information content (AvgIpc) is 2.54. The van der Waals surface area contributed by atoms with Gasteiger partial charge in [0.2, 0.25) is 0 Å². The number of carbonyl (C=O) groups excluding carboxylic acids is 1. The second-order valence-electron chi connectivity index (χ2n) is 5.32. The molecule has 0 saturated heterocycles. The SMILES string of the molecule is CC(=O)c1cccc(Nc2ccnc3c(C(F)(F)F)cccc23)c1. The lowest BCUT2D eigenvalue weighted by Crippen LogP contribution is -2.07. The molecule has 3 aromatic rings. The zero-order valence-electron chi connectivity index (χ0n) is 12.7. The molecule has 6 heteroatoms.